The quantitative estimate of drug-likeness (QED) is 0.853. The number of carbonyl (C=O) groups is 1. The van der Waals surface area contributed by atoms with Crippen LogP contribution in [0.2, 0.25) is 0 Å². The van der Waals surface area contributed by atoms with Gasteiger partial charge >= 0.3 is 5.97 Å². The molecule has 1 N–H and O–H groups in total. The molecule has 0 spiro atoms. The molecule has 2 aromatic carbocycles. The fraction of sp³-hybridized carbons (Fsp3) is 0.350. The number of esters is 1. The lowest BCUT2D eigenvalue weighted by Gasteiger charge is -2.19. The van der Waals surface area contributed by atoms with Gasteiger partial charge in [-0.15, -0.1) is 0 Å². The van der Waals surface area contributed by atoms with Crippen molar-refractivity contribution in [3.05, 3.63) is 71.3 Å². The summed E-state index contributed by atoms with van der Waals surface area (Å²) in [4.78, 5) is 11.9. The lowest BCUT2D eigenvalue weighted by atomic mass is 9.99. The zero-order valence-corrected chi connectivity index (χ0v) is 14.0. The van der Waals surface area contributed by atoms with Crippen LogP contribution in [0, 0.1) is 0 Å². The number of rotatable bonds is 5. The van der Waals surface area contributed by atoms with Crippen LogP contribution in [0.3, 0.4) is 0 Å². The Morgan fingerprint density at radius 2 is 1.70 bits per heavy atom. The molecule has 0 fully saturated rings. The Labute approximate surface area is 137 Å². The molecule has 0 saturated heterocycles. The highest BCUT2D eigenvalue weighted by atomic mass is 16.6. The van der Waals surface area contributed by atoms with Gasteiger partial charge in [-0.2, -0.15) is 0 Å². The standard InChI is InChI=1S/C20H24O3/c1-20(2,3)23-19(22)14-16-10-7-11-17(12-16)18(21)13-15-8-5-4-6-9-15/h4-12,18,21H,13-14H2,1-3H3. The van der Waals surface area contributed by atoms with Crippen molar-refractivity contribution in [1.82, 2.24) is 0 Å². The highest BCUT2D eigenvalue weighted by molar-refractivity contribution is 5.73. The Morgan fingerprint density at radius 1 is 1.04 bits per heavy atom. The maximum atomic E-state index is 11.9. The van der Waals surface area contributed by atoms with Gasteiger partial charge in [-0.05, 0) is 37.5 Å². The minimum atomic E-state index is -0.587. The van der Waals surface area contributed by atoms with Crippen LogP contribution < -0.4 is 0 Å². The number of benzene rings is 2. The molecule has 23 heavy (non-hydrogen) atoms. The molecule has 1 atom stereocenters. The van der Waals surface area contributed by atoms with Crippen molar-refractivity contribution in [3.63, 3.8) is 0 Å². The van der Waals surface area contributed by atoms with Gasteiger partial charge in [0.2, 0.25) is 0 Å². The smallest absolute Gasteiger partial charge is 0.310 e. The molecule has 0 radical (unpaired) electrons. The molecule has 0 bridgehead atoms. The fourth-order valence-corrected chi connectivity index (χ4v) is 2.41. The molecular weight excluding hydrogens is 288 g/mol. The Kier molecular flexibility index (Phi) is 5.56. The van der Waals surface area contributed by atoms with E-state index in [0.717, 1.165) is 16.7 Å². The van der Waals surface area contributed by atoms with E-state index >= 15 is 0 Å². The van der Waals surface area contributed by atoms with Crippen molar-refractivity contribution >= 4 is 5.97 Å². The topological polar surface area (TPSA) is 46.5 Å². The van der Waals surface area contributed by atoms with Crippen LogP contribution in [0.25, 0.3) is 0 Å². The summed E-state index contributed by atoms with van der Waals surface area (Å²) in [6, 6.07) is 17.4. The summed E-state index contributed by atoms with van der Waals surface area (Å²) in [6.45, 7) is 5.56. The monoisotopic (exact) mass is 312 g/mol. The van der Waals surface area contributed by atoms with Gasteiger partial charge in [0.15, 0.2) is 0 Å². The highest BCUT2D eigenvalue weighted by Crippen LogP contribution is 2.20. The van der Waals surface area contributed by atoms with Crippen LogP contribution in [0.15, 0.2) is 54.6 Å². The molecule has 0 aliphatic heterocycles. The van der Waals surface area contributed by atoms with Crippen molar-refractivity contribution in [2.24, 2.45) is 0 Å². The van der Waals surface area contributed by atoms with Crippen molar-refractivity contribution in [1.29, 1.82) is 0 Å². The molecule has 1 unspecified atom stereocenters. The summed E-state index contributed by atoms with van der Waals surface area (Å²) in [6.07, 6.45) is 0.177. The van der Waals surface area contributed by atoms with Crippen LogP contribution in [0.4, 0.5) is 0 Å². The van der Waals surface area contributed by atoms with Crippen molar-refractivity contribution in [3.8, 4) is 0 Å². The first-order chi connectivity index (χ1) is 10.8. The van der Waals surface area contributed by atoms with Gasteiger partial charge in [0.05, 0.1) is 12.5 Å². The van der Waals surface area contributed by atoms with Gasteiger partial charge in [-0.1, -0.05) is 54.6 Å². The van der Waals surface area contributed by atoms with E-state index in [0.29, 0.717) is 6.42 Å². The molecule has 2 aromatic rings. The number of aliphatic hydroxyl groups is 1. The summed E-state index contributed by atoms with van der Waals surface area (Å²) in [5.41, 5.74) is 2.26. The van der Waals surface area contributed by atoms with E-state index in [1.54, 1.807) is 0 Å². The zero-order chi connectivity index (χ0) is 16.9. The van der Waals surface area contributed by atoms with E-state index in [4.69, 9.17) is 4.74 Å². The van der Waals surface area contributed by atoms with Crippen LogP contribution in [0.5, 0.6) is 0 Å². The molecular formula is C20H24O3. The first kappa shape index (κ1) is 17.2. The summed E-state index contributed by atoms with van der Waals surface area (Å²) < 4.78 is 5.34. The molecule has 0 aliphatic carbocycles. The van der Waals surface area contributed by atoms with E-state index in [1.165, 1.54) is 0 Å². The summed E-state index contributed by atoms with van der Waals surface area (Å²) >= 11 is 0. The minimum Gasteiger partial charge on any atom is -0.460 e. The van der Waals surface area contributed by atoms with Crippen LogP contribution >= 0.6 is 0 Å². The number of hydrogen-bond donors (Lipinski definition) is 1. The second-order valence-corrected chi connectivity index (χ2v) is 6.71. The summed E-state index contributed by atoms with van der Waals surface area (Å²) in [5, 5.41) is 10.4. The molecule has 0 heterocycles. The van der Waals surface area contributed by atoms with Gasteiger partial charge < -0.3 is 9.84 Å². The summed E-state index contributed by atoms with van der Waals surface area (Å²) in [7, 11) is 0. The van der Waals surface area contributed by atoms with Crippen molar-refractivity contribution in [2.75, 3.05) is 0 Å². The lowest BCUT2D eigenvalue weighted by molar-refractivity contribution is -0.153. The maximum Gasteiger partial charge on any atom is 0.310 e. The van der Waals surface area contributed by atoms with Gasteiger partial charge in [-0.25, -0.2) is 0 Å². The van der Waals surface area contributed by atoms with Gasteiger partial charge in [0.1, 0.15) is 5.60 Å². The number of ether oxygens (including phenoxy) is 1. The van der Waals surface area contributed by atoms with E-state index in [-0.39, 0.29) is 12.4 Å². The second-order valence-electron chi connectivity index (χ2n) is 6.71. The predicted molar refractivity (Wildman–Crippen MR) is 91.1 cm³/mol. The van der Waals surface area contributed by atoms with Gasteiger partial charge in [0.25, 0.3) is 0 Å². The number of hydrogen-bond acceptors (Lipinski definition) is 3. The van der Waals surface area contributed by atoms with Crippen molar-refractivity contribution < 1.29 is 14.6 Å². The van der Waals surface area contributed by atoms with E-state index < -0.39 is 11.7 Å². The fourth-order valence-electron chi connectivity index (χ4n) is 2.41. The van der Waals surface area contributed by atoms with E-state index in [2.05, 4.69) is 0 Å². The molecule has 3 heteroatoms. The largest absolute Gasteiger partial charge is 0.460 e. The predicted octanol–water partition coefficient (Wildman–Crippen LogP) is 3.85. The average Bonchev–Trinajstić information content (AvgIpc) is 2.46. The van der Waals surface area contributed by atoms with Gasteiger partial charge in [0, 0.05) is 6.42 Å². The van der Waals surface area contributed by atoms with Crippen LogP contribution in [-0.4, -0.2) is 16.7 Å². The van der Waals surface area contributed by atoms with Crippen molar-refractivity contribution in [2.45, 2.75) is 45.3 Å². The maximum absolute atomic E-state index is 11.9. The molecule has 0 saturated carbocycles. The lowest BCUT2D eigenvalue weighted by Crippen LogP contribution is -2.24. The third kappa shape index (κ3) is 5.87. The highest BCUT2D eigenvalue weighted by Gasteiger charge is 2.17. The molecule has 0 aromatic heterocycles. The minimum absolute atomic E-state index is 0.211. The zero-order valence-electron chi connectivity index (χ0n) is 14.0. The second kappa shape index (κ2) is 7.42. The normalized spacial score (nSPS) is 12.7. The van der Waals surface area contributed by atoms with E-state index in [9.17, 15) is 9.90 Å². The Balaban J connectivity index is 2.03. The third-order valence-electron chi connectivity index (χ3n) is 3.38. The SMILES string of the molecule is CC(C)(C)OC(=O)Cc1cccc(C(O)Cc2ccccc2)c1. The third-order valence-corrected chi connectivity index (χ3v) is 3.38. The Hall–Kier alpha value is -2.13. The number of aliphatic hydroxyl groups excluding tert-OH is 1. The molecule has 2 rings (SSSR count). The summed E-state index contributed by atoms with van der Waals surface area (Å²) in [5.74, 6) is -0.257. The molecule has 122 valence electrons. The first-order valence-electron chi connectivity index (χ1n) is 7.86. The Bertz CT molecular complexity index is 641. The first-order valence-corrected chi connectivity index (χ1v) is 7.86. The Morgan fingerprint density at radius 3 is 2.35 bits per heavy atom. The molecule has 0 amide bonds. The number of carbonyl (C=O) groups excluding carboxylic acids is 1. The molecule has 0 aliphatic rings. The molecule has 3 nitrogen and oxygen atoms in total. The van der Waals surface area contributed by atoms with Gasteiger partial charge in [-0.3, -0.25) is 4.79 Å². The van der Waals surface area contributed by atoms with E-state index in [1.807, 2.05) is 75.4 Å². The van der Waals surface area contributed by atoms with Crippen LogP contribution in [-0.2, 0) is 22.4 Å². The van der Waals surface area contributed by atoms with Crippen LogP contribution in [0.1, 0.15) is 43.6 Å². The average molecular weight is 312 g/mol.